The number of anilines is 1. The van der Waals surface area contributed by atoms with E-state index in [1.165, 1.54) is 35.5 Å². The Hall–Kier alpha value is -1.89. The van der Waals surface area contributed by atoms with Crippen molar-refractivity contribution in [1.82, 2.24) is 15.2 Å². The molecular formula is C22H28N4OS. The SMILES string of the molecule is c1coc(CN2CCC(N[C@@H]3CCCN(c4nc5ccccc5s4)C3)CC2)c1. The maximum Gasteiger partial charge on any atom is 0.186 e. The number of para-hydroxylation sites is 1. The Morgan fingerprint density at radius 3 is 2.75 bits per heavy atom. The average molecular weight is 397 g/mol. The van der Waals surface area contributed by atoms with Gasteiger partial charge in [-0.05, 0) is 49.9 Å². The van der Waals surface area contributed by atoms with Crippen molar-refractivity contribution in [2.45, 2.75) is 44.3 Å². The van der Waals surface area contributed by atoms with Gasteiger partial charge in [0.15, 0.2) is 5.13 Å². The number of fused-ring (bicyclic) bond motifs is 1. The van der Waals surface area contributed by atoms with E-state index >= 15 is 0 Å². The molecule has 2 aliphatic heterocycles. The lowest BCUT2D eigenvalue weighted by Gasteiger charge is -2.38. The predicted octanol–water partition coefficient (Wildman–Crippen LogP) is 4.11. The number of aromatic nitrogens is 1. The van der Waals surface area contributed by atoms with Gasteiger partial charge in [0.25, 0.3) is 0 Å². The van der Waals surface area contributed by atoms with Crippen molar-refractivity contribution in [3.63, 3.8) is 0 Å². The summed E-state index contributed by atoms with van der Waals surface area (Å²) in [6, 6.07) is 13.7. The van der Waals surface area contributed by atoms with Crippen LogP contribution in [0.1, 0.15) is 31.4 Å². The summed E-state index contributed by atoms with van der Waals surface area (Å²) in [5.74, 6) is 1.07. The van der Waals surface area contributed by atoms with E-state index in [-0.39, 0.29) is 0 Å². The van der Waals surface area contributed by atoms with Crippen LogP contribution in [0.2, 0.25) is 0 Å². The summed E-state index contributed by atoms with van der Waals surface area (Å²) in [6.07, 6.45) is 6.72. The van der Waals surface area contributed by atoms with Crippen molar-refractivity contribution in [3.8, 4) is 0 Å². The van der Waals surface area contributed by atoms with Crippen LogP contribution in [0.5, 0.6) is 0 Å². The molecule has 2 aliphatic rings. The van der Waals surface area contributed by atoms with E-state index in [2.05, 4.69) is 45.4 Å². The fourth-order valence-corrected chi connectivity index (χ4v) is 5.50. The van der Waals surface area contributed by atoms with Crippen molar-refractivity contribution in [3.05, 3.63) is 48.4 Å². The largest absolute Gasteiger partial charge is 0.468 e. The van der Waals surface area contributed by atoms with Crippen molar-refractivity contribution in [1.29, 1.82) is 0 Å². The zero-order valence-corrected chi connectivity index (χ0v) is 17.0. The van der Waals surface area contributed by atoms with E-state index in [1.807, 2.05) is 17.4 Å². The highest BCUT2D eigenvalue weighted by Gasteiger charge is 2.26. The number of nitrogens with zero attached hydrogens (tertiary/aromatic N) is 3. The van der Waals surface area contributed by atoms with Crippen LogP contribution in [0.3, 0.4) is 0 Å². The Morgan fingerprint density at radius 2 is 1.93 bits per heavy atom. The molecule has 0 spiro atoms. The highest BCUT2D eigenvalue weighted by atomic mass is 32.1. The first-order valence-corrected chi connectivity index (χ1v) is 11.3. The molecule has 148 valence electrons. The Labute approximate surface area is 170 Å². The molecular weight excluding hydrogens is 368 g/mol. The molecule has 2 aromatic heterocycles. The Morgan fingerprint density at radius 1 is 1.04 bits per heavy atom. The van der Waals surface area contributed by atoms with Crippen LogP contribution < -0.4 is 10.2 Å². The highest BCUT2D eigenvalue weighted by Crippen LogP contribution is 2.30. The quantitative estimate of drug-likeness (QED) is 0.703. The third-order valence-electron chi connectivity index (χ3n) is 5.99. The van der Waals surface area contributed by atoms with Gasteiger partial charge in [-0.15, -0.1) is 0 Å². The Bertz CT molecular complexity index is 852. The Balaban J connectivity index is 1.14. The van der Waals surface area contributed by atoms with E-state index in [9.17, 15) is 0 Å². The summed E-state index contributed by atoms with van der Waals surface area (Å²) in [5, 5.41) is 5.14. The minimum atomic E-state index is 0.572. The van der Waals surface area contributed by atoms with Gasteiger partial charge in [0.05, 0.1) is 23.0 Å². The van der Waals surface area contributed by atoms with Crippen LogP contribution in [-0.4, -0.2) is 48.1 Å². The van der Waals surface area contributed by atoms with Crippen LogP contribution >= 0.6 is 11.3 Å². The second-order valence-electron chi connectivity index (χ2n) is 8.05. The fourth-order valence-electron chi connectivity index (χ4n) is 4.50. The summed E-state index contributed by atoms with van der Waals surface area (Å²) in [7, 11) is 0. The van der Waals surface area contributed by atoms with Crippen molar-refractivity contribution >= 4 is 26.7 Å². The van der Waals surface area contributed by atoms with Crippen LogP contribution in [0.4, 0.5) is 5.13 Å². The van der Waals surface area contributed by atoms with E-state index in [0.717, 1.165) is 44.0 Å². The number of likely N-dealkylation sites (tertiary alicyclic amines) is 1. The number of thiazole rings is 1. The summed E-state index contributed by atoms with van der Waals surface area (Å²) < 4.78 is 6.78. The molecule has 1 aromatic carbocycles. The normalized spacial score (nSPS) is 22.1. The average Bonchev–Trinajstić information content (AvgIpc) is 3.39. The van der Waals surface area contributed by atoms with Crippen LogP contribution in [0, 0.1) is 0 Å². The van der Waals surface area contributed by atoms with Gasteiger partial charge < -0.3 is 14.6 Å². The van der Waals surface area contributed by atoms with Crippen molar-refractivity contribution in [2.24, 2.45) is 0 Å². The Kier molecular flexibility index (Phi) is 5.34. The smallest absolute Gasteiger partial charge is 0.186 e. The molecule has 0 unspecified atom stereocenters. The summed E-state index contributed by atoms with van der Waals surface area (Å²) in [6.45, 7) is 5.43. The molecule has 3 aromatic rings. The van der Waals surface area contributed by atoms with E-state index in [4.69, 9.17) is 9.40 Å². The highest BCUT2D eigenvalue weighted by molar-refractivity contribution is 7.22. The molecule has 2 saturated heterocycles. The van der Waals surface area contributed by atoms with Crippen molar-refractivity contribution < 1.29 is 4.42 Å². The van der Waals surface area contributed by atoms with Gasteiger partial charge in [0.2, 0.25) is 0 Å². The number of rotatable bonds is 5. The third-order valence-corrected chi connectivity index (χ3v) is 7.09. The monoisotopic (exact) mass is 396 g/mol. The molecule has 4 heterocycles. The molecule has 5 nitrogen and oxygen atoms in total. The lowest BCUT2D eigenvalue weighted by atomic mass is 10.00. The molecule has 0 amide bonds. The topological polar surface area (TPSA) is 44.5 Å². The van der Waals surface area contributed by atoms with Gasteiger partial charge in [0.1, 0.15) is 5.76 Å². The number of hydrogen-bond donors (Lipinski definition) is 1. The van der Waals surface area contributed by atoms with Gasteiger partial charge in [-0.1, -0.05) is 23.5 Å². The van der Waals surface area contributed by atoms with Gasteiger partial charge >= 0.3 is 0 Å². The first kappa shape index (κ1) is 18.2. The molecule has 0 aliphatic carbocycles. The zero-order chi connectivity index (χ0) is 18.8. The van der Waals surface area contributed by atoms with Crippen molar-refractivity contribution in [2.75, 3.05) is 31.1 Å². The maximum atomic E-state index is 5.49. The molecule has 0 radical (unpaired) electrons. The molecule has 1 atom stereocenters. The summed E-state index contributed by atoms with van der Waals surface area (Å²) >= 11 is 1.83. The summed E-state index contributed by atoms with van der Waals surface area (Å²) in [4.78, 5) is 9.85. The van der Waals surface area contributed by atoms with Crippen LogP contribution in [-0.2, 0) is 6.54 Å². The number of piperidine rings is 2. The minimum absolute atomic E-state index is 0.572. The van der Waals surface area contributed by atoms with E-state index in [0.29, 0.717) is 12.1 Å². The third kappa shape index (κ3) is 4.09. The van der Waals surface area contributed by atoms with Gasteiger partial charge in [-0.2, -0.15) is 0 Å². The van der Waals surface area contributed by atoms with Gasteiger partial charge in [0, 0.05) is 38.3 Å². The lowest BCUT2D eigenvalue weighted by molar-refractivity contribution is 0.171. The predicted molar refractivity (Wildman–Crippen MR) is 115 cm³/mol. The second kappa shape index (κ2) is 8.23. The lowest BCUT2D eigenvalue weighted by Crippen LogP contribution is -2.52. The minimum Gasteiger partial charge on any atom is -0.468 e. The second-order valence-corrected chi connectivity index (χ2v) is 9.05. The molecule has 5 rings (SSSR count). The first-order valence-electron chi connectivity index (χ1n) is 10.4. The molecule has 28 heavy (non-hydrogen) atoms. The van der Waals surface area contributed by atoms with E-state index in [1.54, 1.807) is 6.26 Å². The molecule has 1 N–H and O–H groups in total. The zero-order valence-electron chi connectivity index (χ0n) is 16.2. The number of hydrogen-bond acceptors (Lipinski definition) is 6. The van der Waals surface area contributed by atoms with Gasteiger partial charge in [-0.25, -0.2) is 4.98 Å². The molecule has 6 heteroatoms. The van der Waals surface area contributed by atoms with Crippen LogP contribution in [0.15, 0.2) is 47.1 Å². The fraction of sp³-hybridized carbons (Fsp3) is 0.500. The number of nitrogens with one attached hydrogen (secondary N) is 1. The molecule has 0 saturated carbocycles. The standard InChI is InChI=1S/C22H28N4OS/c1-2-8-21-20(7-1)24-22(28-21)26-11-3-5-18(15-26)23-17-9-12-25(13-10-17)16-19-6-4-14-27-19/h1-2,4,6-8,14,17-18,23H,3,5,9-13,15-16H2/t18-/m1/s1. The molecule has 0 bridgehead atoms. The number of benzene rings is 1. The van der Waals surface area contributed by atoms with Gasteiger partial charge in [-0.3, -0.25) is 4.90 Å². The van der Waals surface area contributed by atoms with E-state index < -0.39 is 0 Å². The summed E-state index contributed by atoms with van der Waals surface area (Å²) in [5.41, 5.74) is 1.13. The first-order chi connectivity index (χ1) is 13.8. The molecule has 2 fully saturated rings. The number of furan rings is 1. The van der Waals surface area contributed by atoms with Crippen LogP contribution in [0.25, 0.3) is 10.2 Å². The maximum absolute atomic E-state index is 5.49.